The van der Waals surface area contributed by atoms with Crippen molar-refractivity contribution in [2.45, 2.75) is 43.9 Å². The van der Waals surface area contributed by atoms with Crippen LogP contribution < -0.4 is 5.73 Å². The Labute approximate surface area is 122 Å². The van der Waals surface area contributed by atoms with Gasteiger partial charge in [-0.1, -0.05) is 25.3 Å². The molecule has 0 unspecified atom stereocenters. The van der Waals surface area contributed by atoms with E-state index in [1.165, 1.54) is 23.6 Å². The van der Waals surface area contributed by atoms with E-state index in [1.54, 1.807) is 32.2 Å². The van der Waals surface area contributed by atoms with Gasteiger partial charge in [-0.2, -0.15) is 0 Å². The number of rotatable bonds is 4. The highest BCUT2D eigenvalue weighted by Gasteiger charge is 2.26. The summed E-state index contributed by atoms with van der Waals surface area (Å²) in [6.45, 7) is 2.37. The lowest BCUT2D eigenvalue weighted by Gasteiger charge is -2.27. The Morgan fingerprint density at radius 1 is 1.25 bits per heavy atom. The third-order valence-electron chi connectivity index (χ3n) is 4.25. The minimum Gasteiger partial charge on any atom is -0.398 e. The maximum absolute atomic E-state index is 12.6. The Kier molecular flexibility index (Phi) is 4.70. The number of hydrogen-bond acceptors (Lipinski definition) is 3. The molecule has 0 heterocycles. The molecule has 112 valence electrons. The normalized spacial score (nSPS) is 17.6. The van der Waals surface area contributed by atoms with Gasteiger partial charge in [-0.25, -0.2) is 12.7 Å². The van der Waals surface area contributed by atoms with E-state index in [9.17, 15) is 8.42 Å². The van der Waals surface area contributed by atoms with Gasteiger partial charge in [-0.15, -0.1) is 0 Å². The van der Waals surface area contributed by atoms with E-state index in [0.717, 1.165) is 12.8 Å². The Hall–Kier alpha value is -1.07. The van der Waals surface area contributed by atoms with Crippen LogP contribution in [0.2, 0.25) is 0 Å². The van der Waals surface area contributed by atoms with Gasteiger partial charge in [0.05, 0.1) is 4.90 Å². The number of nitrogen functional groups attached to an aromatic ring is 1. The molecular formula is C15H24N2O2S. The summed E-state index contributed by atoms with van der Waals surface area (Å²) in [6, 6.07) is 5.07. The maximum atomic E-state index is 12.6. The first kappa shape index (κ1) is 15.3. The van der Waals surface area contributed by atoms with Gasteiger partial charge < -0.3 is 5.73 Å². The van der Waals surface area contributed by atoms with Crippen molar-refractivity contribution in [1.29, 1.82) is 0 Å². The zero-order valence-corrected chi connectivity index (χ0v) is 13.1. The molecule has 0 saturated heterocycles. The molecule has 0 radical (unpaired) electrons. The van der Waals surface area contributed by atoms with Crippen molar-refractivity contribution in [2.75, 3.05) is 19.3 Å². The maximum Gasteiger partial charge on any atom is 0.243 e. The summed E-state index contributed by atoms with van der Waals surface area (Å²) in [7, 11) is -1.77. The zero-order valence-electron chi connectivity index (χ0n) is 12.3. The van der Waals surface area contributed by atoms with Crippen LogP contribution in [0.25, 0.3) is 0 Å². The molecule has 1 aliphatic rings. The quantitative estimate of drug-likeness (QED) is 0.869. The minimum atomic E-state index is -3.44. The fraction of sp³-hybridized carbons (Fsp3) is 0.600. The number of nitrogens with zero attached hydrogens (tertiary/aromatic N) is 1. The number of anilines is 1. The van der Waals surface area contributed by atoms with Crippen LogP contribution in [-0.4, -0.2) is 26.3 Å². The molecule has 0 atom stereocenters. The molecule has 1 aromatic rings. The number of sulfonamides is 1. The first-order chi connectivity index (χ1) is 9.43. The van der Waals surface area contributed by atoms with Crippen molar-refractivity contribution >= 4 is 15.7 Å². The van der Waals surface area contributed by atoms with E-state index >= 15 is 0 Å². The van der Waals surface area contributed by atoms with Crippen LogP contribution >= 0.6 is 0 Å². The first-order valence-corrected chi connectivity index (χ1v) is 8.68. The monoisotopic (exact) mass is 296 g/mol. The summed E-state index contributed by atoms with van der Waals surface area (Å²) in [5, 5.41) is 0. The average Bonchev–Trinajstić information content (AvgIpc) is 2.42. The molecule has 2 N–H and O–H groups in total. The van der Waals surface area contributed by atoms with E-state index in [4.69, 9.17) is 5.73 Å². The lowest BCUT2D eigenvalue weighted by molar-refractivity contribution is 0.300. The van der Waals surface area contributed by atoms with Crippen LogP contribution in [0.3, 0.4) is 0 Å². The van der Waals surface area contributed by atoms with Crippen LogP contribution in [0.15, 0.2) is 23.1 Å². The molecule has 0 bridgehead atoms. The molecule has 4 nitrogen and oxygen atoms in total. The van der Waals surface area contributed by atoms with Crippen LogP contribution in [-0.2, 0) is 10.0 Å². The molecule has 0 spiro atoms. The lowest BCUT2D eigenvalue weighted by Crippen LogP contribution is -2.33. The van der Waals surface area contributed by atoms with Gasteiger partial charge in [0.25, 0.3) is 0 Å². The molecule has 2 rings (SSSR count). The fourth-order valence-corrected chi connectivity index (χ4v) is 4.41. The third kappa shape index (κ3) is 3.15. The number of nitrogens with two attached hydrogens (primary N) is 1. The van der Waals surface area contributed by atoms with Crippen molar-refractivity contribution in [3.05, 3.63) is 23.8 Å². The van der Waals surface area contributed by atoms with Crippen LogP contribution in [0.1, 0.15) is 37.7 Å². The molecule has 5 heteroatoms. The smallest absolute Gasteiger partial charge is 0.243 e. The number of hydrogen-bond donors (Lipinski definition) is 1. The predicted octanol–water partition coefficient (Wildman–Crippen LogP) is 2.78. The van der Waals surface area contributed by atoms with Gasteiger partial charge in [0.2, 0.25) is 10.0 Å². The fourth-order valence-electron chi connectivity index (χ4n) is 2.91. The average molecular weight is 296 g/mol. The summed E-state index contributed by atoms with van der Waals surface area (Å²) >= 11 is 0. The van der Waals surface area contributed by atoms with Gasteiger partial charge in [0.15, 0.2) is 0 Å². The molecule has 0 aromatic heterocycles. The third-order valence-corrected chi connectivity index (χ3v) is 6.22. The van der Waals surface area contributed by atoms with Crippen molar-refractivity contribution in [3.63, 3.8) is 0 Å². The first-order valence-electron chi connectivity index (χ1n) is 7.24. The summed E-state index contributed by atoms with van der Waals surface area (Å²) < 4.78 is 26.8. The highest BCUT2D eigenvalue weighted by molar-refractivity contribution is 7.89. The van der Waals surface area contributed by atoms with E-state index in [-0.39, 0.29) is 0 Å². The van der Waals surface area contributed by atoms with Crippen LogP contribution in [0.5, 0.6) is 0 Å². The molecular weight excluding hydrogens is 272 g/mol. The van der Waals surface area contributed by atoms with E-state index in [0.29, 0.717) is 28.6 Å². The van der Waals surface area contributed by atoms with Crippen LogP contribution in [0.4, 0.5) is 5.69 Å². The highest BCUT2D eigenvalue weighted by Crippen LogP contribution is 2.27. The molecule has 1 aliphatic carbocycles. The van der Waals surface area contributed by atoms with Crippen molar-refractivity contribution in [1.82, 2.24) is 4.31 Å². The Morgan fingerprint density at radius 2 is 1.90 bits per heavy atom. The molecule has 20 heavy (non-hydrogen) atoms. The molecule has 0 aliphatic heterocycles. The zero-order chi connectivity index (χ0) is 14.8. The van der Waals surface area contributed by atoms with Gasteiger partial charge in [-0.3, -0.25) is 0 Å². The molecule has 1 aromatic carbocycles. The second-order valence-electron chi connectivity index (χ2n) is 5.76. The molecule has 1 fully saturated rings. The summed E-state index contributed by atoms with van der Waals surface area (Å²) in [5.74, 6) is 0.491. The van der Waals surface area contributed by atoms with E-state index < -0.39 is 10.0 Å². The highest BCUT2D eigenvalue weighted by atomic mass is 32.2. The Bertz CT molecular complexity index is 563. The second-order valence-corrected chi connectivity index (χ2v) is 7.77. The second kappa shape index (κ2) is 6.14. The van der Waals surface area contributed by atoms with Gasteiger partial charge in [0.1, 0.15) is 0 Å². The summed E-state index contributed by atoms with van der Waals surface area (Å²) in [4.78, 5) is 0.329. The van der Waals surface area contributed by atoms with Crippen molar-refractivity contribution in [3.8, 4) is 0 Å². The standard InChI is InChI=1S/C15H24N2O2S/c1-12-14(16)9-6-10-15(12)20(18,19)17(2)11-13-7-4-3-5-8-13/h6,9-10,13H,3-5,7-8,11,16H2,1-2H3. The van der Waals surface area contributed by atoms with Gasteiger partial charge >= 0.3 is 0 Å². The largest absolute Gasteiger partial charge is 0.398 e. The molecule has 0 amide bonds. The topological polar surface area (TPSA) is 63.4 Å². The van der Waals surface area contributed by atoms with Crippen molar-refractivity contribution < 1.29 is 8.42 Å². The Balaban J connectivity index is 2.18. The van der Waals surface area contributed by atoms with Gasteiger partial charge in [-0.05, 0) is 43.4 Å². The van der Waals surface area contributed by atoms with E-state index in [2.05, 4.69) is 0 Å². The lowest BCUT2D eigenvalue weighted by atomic mass is 9.89. The summed E-state index contributed by atoms with van der Waals surface area (Å²) in [6.07, 6.45) is 5.98. The van der Waals surface area contributed by atoms with Crippen LogP contribution in [0, 0.1) is 12.8 Å². The minimum absolute atomic E-state index is 0.329. The van der Waals surface area contributed by atoms with Gasteiger partial charge in [0, 0.05) is 19.3 Å². The number of benzene rings is 1. The SMILES string of the molecule is Cc1c(N)cccc1S(=O)(=O)N(C)CC1CCCCC1. The summed E-state index contributed by atoms with van der Waals surface area (Å²) in [5.41, 5.74) is 6.99. The Morgan fingerprint density at radius 3 is 2.55 bits per heavy atom. The molecule has 1 saturated carbocycles. The predicted molar refractivity (Wildman–Crippen MR) is 82.0 cm³/mol. The van der Waals surface area contributed by atoms with E-state index in [1.807, 2.05) is 0 Å². The van der Waals surface area contributed by atoms with Crippen molar-refractivity contribution in [2.24, 2.45) is 5.92 Å².